The van der Waals surface area contributed by atoms with E-state index in [-0.39, 0.29) is 0 Å². The number of nitrogens with one attached hydrogen (secondary N) is 1. The SMILES string of the molecule is CC(C)CNCC1CCN(CCc2ccnn2C)CC1. The summed E-state index contributed by atoms with van der Waals surface area (Å²) >= 11 is 0. The van der Waals surface area contributed by atoms with Crippen molar-refractivity contribution in [1.82, 2.24) is 20.0 Å². The van der Waals surface area contributed by atoms with E-state index in [4.69, 9.17) is 0 Å². The number of rotatable bonds is 7. The first-order valence-electron chi connectivity index (χ1n) is 8.05. The summed E-state index contributed by atoms with van der Waals surface area (Å²) in [6.07, 6.45) is 5.70. The molecule has 2 rings (SSSR count). The molecule has 20 heavy (non-hydrogen) atoms. The van der Waals surface area contributed by atoms with Crippen molar-refractivity contribution in [1.29, 1.82) is 0 Å². The molecule has 2 heterocycles. The summed E-state index contributed by atoms with van der Waals surface area (Å²) in [5, 5.41) is 7.83. The molecule has 1 N–H and O–H groups in total. The van der Waals surface area contributed by atoms with Gasteiger partial charge in [0.15, 0.2) is 0 Å². The Labute approximate surface area is 123 Å². The number of aryl methyl sites for hydroxylation is 1. The fourth-order valence-corrected chi connectivity index (χ4v) is 2.91. The summed E-state index contributed by atoms with van der Waals surface area (Å²) in [5.74, 6) is 1.63. The van der Waals surface area contributed by atoms with E-state index >= 15 is 0 Å². The lowest BCUT2D eigenvalue weighted by atomic mass is 9.96. The maximum atomic E-state index is 4.23. The van der Waals surface area contributed by atoms with Crippen LogP contribution in [0.5, 0.6) is 0 Å². The van der Waals surface area contributed by atoms with Gasteiger partial charge in [0, 0.05) is 31.9 Å². The van der Waals surface area contributed by atoms with Crippen LogP contribution in [0.1, 0.15) is 32.4 Å². The van der Waals surface area contributed by atoms with Crippen molar-refractivity contribution in [2.45, 2.75) is 33.1 Å². The van der Waals surface area contributed by atoms with Crippen LogP contribution in [0.4, 0.5) is 0 Å². The monoisotopic (exact) mass is 278 g/mol. The normalized spacial score (nSPS) is 18.0. The standard InChI is InChI=1S/C16H30N4/c1-14(2)12-17-13-15-5-9-20(10-6-15)11-7-16-4-8-18-19(16)3/h4,8,14-15,17H,5-7,9-13H2,1-3H3. The fourth-order valence-electron chi connectivity index (χ4n) is 2.91. The lowest BCUT2D eigenvalue weighted by Gasteiger charge is -2.32. The van der Waals surface area contributed by atoms with Gasteiger partial charge in [-0.25, -0.2) is 0 Å². The van der Waals surface area contributed by atoms with E-state index in [1.54, 1.807) is 0 Å². The Hall–Kier alpha value is -0.870. The Kier molecular flexibility index (Phi) is 6.05. The van der Waals surface area contributed by atoms with Crippen LogP contribution in [-0.4, -0.2) is 47.4 Å². The summed E-state index contributed by atoms with van der Waals surface area (Å²) in [6.45, 7) is 10.6. The van der Waals surface area contributed by atoms with Crippen molar-refractivity contribution in [3.8, 4) is 0 Å². The Morgan fingerprint density at radius 2 is 2.10 bits per heavy atom. The van der Waals surface area contributed by atoms with Gasteiger partial charge >= 0.3 is 0 Å². The lowest BCUT2D eigenvalue weighted by molar-refractivity contribution is 0.182. The lowest BCUT2D eigenvalue weighted by Crippen LogP contribution is -2.38. The second kappa shape index (κ2) is 7.79. The molecular weight excluding hydrogens is 248 g/mol. The number of hydrogen-bond donors (Lipinski definition) is 1. The number of aromatic nitrogens is 2. The van der Waals surface area contributed by atoms with Crippen LogP contribution in [0.25, 0.3) is 0 Å². The molecule has 0 bridgehead atoms. The van der Waals surface area contributed by atoms with Gasteiger partial charge in [0.2, 0.25) is 0 Å². The first-order valence-corrected chi connectivity index (χ1v) is 8.05. The van der Waals surface area contributed by atoms with Crippen LogP contribution < -0.4 is 5.32 Å². The molecule has 0 aromatic carbocycles. The fraction of sp³-hybridized carbons (Fsp3) is 0.812. The topological polar surface area (TPSA) is 33.1 Å². The maximum absolute atomic E-state index is 4.23. The minimum Gasteiger partial charge on any atom is -0.316 e. The third-order valence-electron chi connectivity index (χ3n) is 4.30. The molecule has 1 saturated heterocycles. The molecule has 0 atom stereocenters. The zero-order valence-corrected chi connectivity index (χ0v) is 13.3. The van der Waals surface area contributed by atoms with Crippen LogP contribution in [-0.2, 0) is 13.5 Å². The number of piperidine rings is 1. The summed E-state index contributed by atoms with van der Waals surface area (Å²) < 4.78 is 1.99. The van der Waals surface area contributed by atoms with Crippen molar-refractivity contribution in [3.63, 3.8) is 0 Å². The number of hydrogen-bond acceptors (Lipinski definition) is 3. The number of nitrogens with zero attached hydrogens (tertiary/aromatic N) is 3. The first kappa shape index (κ1) is 15.5. The Bertz CT molecular complexity index is 378. The van der Waals surface area contributed by atoms with E-state index in [0.29, 0.717) is 0 Å². The molecule has 0 radical (unpaired) electrons. The van der Waals surface area contributed by atoms with E-state index in [2.05, 4.69) is 35.2 Å². The minimum atomic E-state index is 0.758. The van der Waals surface area contributed by atoms with E-state index in [1.165, 1.54) is 44.7 Å². The second-order valence-electron chi connectivity index (χ2n) is 6.53. The van der Waals surface area contributed by atoms with Crippen LogP contribution in [0, 0.1) is 11.8 Å². The number of likely N-dealkylation sites (tertiary alicyclic amines) is 1. The van der Waals surface area contributed by atoms with Gasteiger partial charge in [0.1, 0.15) is 0 Å². The second-order valence-corrected chi connectivity index (χ2v) is 6.53. The third-order valence-corrected chi connectivity index (χ3v) is 4.30. The van der Waals surface area contributed by atoms with E-state index in [0.717, 1.165) is 24.8 Å². The molecule has 1 aromatic heterocycles. The largest absolute Gasteiger partial charge is 0.316 e. The molecule has 114 valence electrons. The molecule has 4 heteroatoms. The van der Waals surface area contributed by atoms with Crippen LogP contribution in [0.2, 0.25) is 0 Å². The maximum Gasteiger partial charge on any atom is 0.0492 e. The van der Waals surface area contributed by atoms with E-state index < -0.39 is 0 Å². The highest BCUT2D eigenvalue weighted by Gasteiger charge is 2.18. The highest BCUT2D eigenvalue weighted by atomic mass is 15.3. The summed E-state index contributed by atoms with van der Waals surface area (Å²) in [7, 11) is 2.03. The minimum absolute atomic E-state index is 0.758. The predicted octanol–water partition coefficient (Wildman–Crippen LogP) is 1.92. The van der Waals surface area contributed by atoms with Gasteiger partial charge < -0.3 is 10.2 Å². The van der Waals surface area contributed by atoms with Gasteiger partial charge in [-0.05, 0) is 56.9 Å². The van der Waals surface area contributed by atoms with E-state index in [9.17, 15) is 0 Å². The molecule has 0 spiro atoms. The average molecular weight is 278 g/mol. The van der Waals surface area contributed by atoms with Crippen LogP contribution in [0.15, 0.2) is 12.3 Å². The van der Waals surface area contributed by atoms with Gasteiger partial charge in [-0.15, -0.1) is 0 Å². The molecule has 0 unspecified atom stereocenters. The molecule has 1 aliphatic heterocycles. The van der Waals surface area contributed by atoms with Crippen molar-refractivity contribution in [2.24, 2.45) is 18.9 Å². The van der Waals surface area contributed by atoms with Crippen LogP contribution >= 0.6 is 0 Å². The summed E-state index contributed by atoms with van der Waals surface area (Å²) in [5.41, 5.74) is 1.34. The molecular formula is C16H30N4. The Balaban J connectivity index is 1.61. The molecule has 1 fully saturated rings. The highest BCUT2D eigenvalue weighted by Crippen LogP contribution is 2.16. The van der Waals surface area contributed by atoms with Crippen molar-refractivity contribution in [3.05, 3.63) is 18.0 Å². The average Bonchev–Trinajstić information content (AvgIpc) is 2.83. The zero-order chi connectivity index (χ0) is 14.4. The van der Waals surface area contributed by atoms with Crippen molar-refractivity contribution in [2.75, 3.05) is 32.7 Å². The molecule has 0 aliphatic carbocycles. The highest BCUT2D eigenvalue weighted by molar-refractivity contribution is 5.00. The van der Waals surface area contributed by atoms with Crippen molar-refractivity contribution < 1.29 is 0 Å². The van der Waals surface area contributed by atoms with Crippen LogP contribution in [0.3, 0.4) is 0 Å². The molecule has 0 amide bonds. The third kappa shape index (κ3) is 4.91. The van der Waals surface area contributed by atoms with E-state index in [1.807, 2.05) is 17.9 Å². The molecule has 4 nitrogen and oxygen atoms in total. The van der Waals surface area contributed by atoms with Gasteiger partial charge in [-0.1, -0.05) is 13.8 Å². The molecule has 1 aliphatic rings. The first-order chi connectivity index (χ1) is 9.65. The Morgan fingerprint density at radius 1 is 1.35 bits per heavy atom. The van der Waals surface area contributed by atoms with Gasteiger partial charge in [0.25, 0.3) is 0 Å². The van der Waals surface area contributed by atoms with Gasteiger partial charge in [-0.2, -0.15) is 5.10 Å². The Morgan fingerprint density at radius 3 is 2.70 bits per heavy atom. The molecule has 1 aromatic rings. The summed E-state index contributed by atoms with van der Waals surface area (Å²) in [4.78, 5) is 2.60. The van der Waals surface area contributed by atoms with Gasteiger partial charge in [0.05, 0.1) is 0 Å². The quantitative estimate of drug-likeness (QED) is 0.827. The molecule has 0 saturated carbocycles. The van der Waals surface area contributed by atoms with Gasteiger partial charge in [-0.3, -0.25) is 4.68 Å². The van der Waals surface area contributed by atoms with Crippen molar-refractivity contribution >= 4 is 0 Å². The summed E-state index contributed by atoms with van der Waals surface area (Å²) in [6, 6.07) is 2.13. The smallest absolute Gasteiger partial charge is 0.0492 e. The zero-order valence-electron chi connectivity index (χ0n) is 13.3. The predicted molar refractivity (Wildman–Crippen MR) is 83.8 cm³/mol.